The summed E-state index contributed by atoms with van der Waals surface area (Å²) in [5.41, 5.74) is 6.66. The van der Waals surface area contributed by atoms with Crippen LogP contribution in [-0.4, -0.2) is 106 Å². The van der Waals surface area contributed by atoms with Crippen LogP contribution in [0.25, 0.3) is 44.2 Å². The number of nitrogens with zero attached hydrogens (tertiary/aromatic N) is 4. The zero-order chi connectivity index (χ0) is 44.2. The van der Waals surface area contributed by atoms with Crippen LogP contribution < -0.4 is 15.4 Å². The second kappa shape index (κ2) is 17.1. The molecule has 4 fully saturated rings. The molecule has 5 aliphatic rings. The van der Waals surface area contributed by atoms with Crippen molar-refractivity contribution in [2.75, 3.05) is 34.0 Å². The van der Waals surface area contributed by atoms with Crippen LogP contribution in [0.15, 0.2) is 48.7 Å². The van der Waals surface area contributed by atoms with Gasteiger partial charge in [-0.2, -0.15) is 0 Å². The summed E-state index contributed by atoms with van der Waals surface area (Å²) < 4.78 is 21.8. The van der Waals surface area contributed by atoms with Gasteiger partial charge in [-0.05, 0) is 109 Å². The fourth-order valence-corrected chi connectivity index (χ4v) is 11.1. The molecule has 3 aromatic carbocycles. The molecule has 0 spiro atoms. The average Bonchev–Trinajstić information content (AvgIpc) is 4.17. The van der Waals surface area contributed by atoms with E-state index < -0.39 is 24.3 Å². The van der Waals surface area contributed by atoms with E-state index in [1.54, 1.807) is 0 Å². The quantitative estimate of drug-likeness (QED) is 0.117. The van der Waals surface area contributed by atoms with E-state index in [0.29, 0.717) is 50.9 Å². The fraction of sp³-hybridized carbons (Fsp3) is 0.500. The Morgan fingerprint density at radius 1 is 0.844 bits per heavy atom. The highest BCUT2D eigenvalue weighted by Gasteiger charge is 2.49. The van der Waals surface area contributed by atoms with E-state index in [4.69, 9.17) is 28.9 Å². The summed E-state index contributed by atoms with van der Waals surface area (Å²) in [5.74, 6) is 2.25. The number of alkyl carbamates (subject to hydrolysis) is 2. The summed E-state index contributed by atoms with van der Waals surface area (Å²) in [4.78, 5) is 74.0. The summed E-state index contributed by atoms with van der Waals surface area (Å²) in [6.45, 7) is 5.95. The number of fused-ring (bicyclic) bond motifs is 7. The van der Waals surface area contributed by atoms with Crippen LogP contribution in [0.3, 0.4) is 0 Å². The van der Waals surface area contributed by atoms with Crippen molar-refractivity contribution in [1.29, 1.82) is 0 Å². The van der Waals surface area contributed by atoms with Crippen molar-refractivity contribution >= 4 is 45.8 Å². The number of hydrogen-bond donors (Lipinski definition) is 4. The molecule has 1 unspecified atom stereocenters. The second-order valence-corrected chi connectivity index (χ2v) is 18.4. The maximum atomic E-state index is 14.3. The highest BCUT2D eigenvalue weighted by atomic mass is 16.5. The predicted molar refractivity (Wildman–Crippen MR) is 237 cm³/mol. The molecule has 336 valence electrons. The van der Waals surface area contributed by atoms with Gasteiger partial charge in [0.15, 0.2) is 0 Å². The lowest BCUT2D eigenvalue weighted by Crippen LogP contribution is -2.53. The van der Waals surface area contributed by atoms with Crippen molar-refractivity contribution in [2.45, 2.75) is 102 Å². The SMILES string of the molecule is COC(=O)N[C@H](C(=O)N1[C@H](c2nc3c(ccc4cc5c(cc43)OCc3cc(-c4cnc(C6CCCN6C(=O)[C@@H](NC(=O)OC)C6CCOCC6)[nH]4)ccc3-5)[nH]2)C[C@@H]2CCC[C@@H]21)C(C)C. The first-order valence-corrected chi connectivity index (χ1v) is 22.8. The van der Waals surface area contributed by atoms with Gasteiger partial charge >= 0.3 is 12.2 Å². The first kappa shape index (κ1) is 41.8. The summed E-state index contributed by atoms with van der Waals surface area (Å²) in [7, 11) is 2.62. The van der Waals surface area contributed by atoms with Gasteiger partial charge in [0.05, 0.1) is 49.2 Å². The number of amides is 4. The highest BCUT2D eigenvalue weighted by molar-refractivity contribution is 6.07. The Morgan fingerprint density at radius 3 is 2.45 bits per heavy atom. The van der Waals surface area contributed by atoms with Gasteiger partial charge in [-0.25, -0.2) is 19.6 Å². The minimum Gasteiger partial charge on any atom is -0.488 e. The molecule has 5 aromatic rings. The molecule has 3 saturated heterocycles. The zero-order valence-corrected chi connectivity index (χ0v) is 36.8. The topological polar surface area (TPSA) is 193 Å². The number of methoxy groups -OCH3 is 2. The molecule has 16 heteroatoms. The Labute approximate surface area is 371 Å². The normalized spacial score (nSPS) is 22.8. The lowest BCUT2D eigenvalue weighted by molar-refractivity contribution is -0.138. The monoisotopic (exact) mass is 872 g/mol. The van der Waals surface area contributed by atoms with Gasteiger partial charge in [0.1, 0.15) is 36.1 Å². The molecule has 1 aliphatic carbocycles. The van der Waals surface area contributed by atoms with Crippen LogP contribution in [0, 0.1) is 17.8 Å². The summed E-state index contributed by atoms with van der Waals surface area (Å²) in [6, 6.07) is 13.0. The van der Waals surface area contributed by atoms with Gasteiger partial charge < -0.3 is 49.3 Å². The third kappa shape index (κ3) is 7.48. The lowest BCUT2D eigenvalue weighted by atomic mass is 9.90. The minimum absolute atomic E-state index is 0.0389. The molecule has 6 atom stereocenters. The number of benzene rings is 3. The van der Waals surface area contributed by atoms with Gasteiger partial charge in [0, 0.05) is 36.8 Å². The summed E-state index contributed by atoms with van der Waals surface area (Å²) >= 11 is 0. The minimum atomic E-state index is -0.709. The van der Waals surface area contributed by atoms with Crippen LogP contribution >= 0.6 is 0 Å². The number of ether oxygens (including phenoxy) is 4. The predicted octanol–water partition coefficient (Wildman–Crippen LogP) is 7.30. The van der Waals surface area contributed by atoms with Crippen LogP contribution in [0.4, 0.5) is 9.59 Å². The van der Waals surface area contributed by atoms with Crippen molar-refractivity contribution in [2.24, 2.45) is 17.8 Å². The van der Waals surface area contributed by atoms with Crippen LogP contribution in [0.1, 0.15) is 94.5 Å². The Balaban J connectivity index is 0.899. The van der Waals surface area contributed by atoms with Crippen molar-refractivity contribution < 1.29 is 38.1 Å². The number of H-pyrrole nitrogens is 2. The molecule has 4 aliphatic heterocycles. The summed E-state index contributed by atoms with van der Waals surface area (Å²) in [5, 5.41) is 7.61. The molecule has 1 saturated carbocycles. The standard InChI is InChI=1S/C48H56N8O8/c1-25(2)40(53-47(59)61-3)46(58)56-36-8-5-7-29(36)21-38(56)44-50-34-13-11-27-20-33-31-12-10-28(19-30(31)24-64-39(33)22-32(27)42(34)52-44)35-23-49-43(51-35)37-9-6-16-55(37)45(57)41(54-48(60)62-4)26-14-17-63-18-15-26/h10-13,19-20,22-23,25-26,29,36-38,40-41H,5-9,14-18,21,24H2,1-4H3,(H,49,51)(H,50,52)(H,53,59)(H,54,60)/t29-,36-,37?,38-,40-,41-/m0/s1. The average molecular weight is 873 g/mol. The van der Waals surface area contributed by atoms with E-state index in [1.807, 2.05) is 29.8 Å². The molecule has 6 heterocycles. The van der Waals surface area contributed by atoms with Crippen molar-refractivity contribution in [3.63, 3.8) is 0 Å². The maximum absolute atomic E-state index is 14.3. The molecular weight excluding hydrogens is 817 g/mol. The second-order valence-electron chi connectivity index (χ2n) is 18.4. The summed E-state index contributed by atoms with van der Waals surface area (Å²) in [6.07, 6.45) is 7.46. The van der Waals surface area contributed by atoms with Crippen LogP contribution in [0.5, 0.6) is 5.75 Å². The van der Waals surface area contributed by atoms with E-state index in [1.165, 1.54) is 14.2 Å². The number of hydrogen-bond acceptors (Lipinski definition) is 10. The molecule has 4 amide bonds. The maximum Gasteiger partial charge on any atom is 0.407 e. The van der Waals surface area contributed by atoms with E-state index in [9.17, 15) is 19.2 Å². The lowest BCUT2D eigenvalue weighted by Gasteiger charge is -2.34. The van der Waals surface area contributed by atoms with Crippen molar-refractivity contribution in [3.8, 4) is 28.1 Å². The molecule has 64 heavy (non-hydrogen) atoms. The van der Waals surface area contributed by atoms with Gasteiger partial charge in [-0.1, -0.05) is 38.5 Å². The van der Waals surface area contributed by atoms with Gasteiger partial charge in [-0.3, -0.25) is 9.59 Å². The number of nitrogens with one attached hydrogen (secondary N) is 4. The molecule has 4 N–H and O–H groups in total. The zero-order valence-electron chi connectivity index (χ0n) is 36.8. The third-order valence-electron chi connectivity index (χ3n) is 14.4. The van der Waals surface area contributed by atoms with Crippen molar-refractivity contribution in [1.82, 2.24) is 40.4 Å². The highest BCUT2D eigenvalue weighted by Crippen LogP contribution is 2.49. The molecule has 2 aromatic heterocycles. The van der Waals surface area contributed by atoms with Crippen molar-refractivity contribution in [3.05, 3.63) is 65.9 Å². The Kier molecular flexibility index (Phi) is 11.2. The molecule has 10 rings (SSSR count). The Morgan fingerprint density at radius 2 is 1.66 bits per heavy atom. The van der Waals surface area contributed by atoms with Crippen LogP contribution in [-0.2, 0) is 30.4 Å². The number of carbonyl (C=O) groups is 4. The number of aromatic nitrogens is 4. The number of aromatic amines is 2. The van der Waals surface area contributed by atoms with Crippen LogP contribution in [0.2, 0.25) is 0 Å². The Hall–Kier alpha value is -6.16. The molecular formula is C48H56N8O8. The molecule has 16 nitrogen and oxygen atoms in total. The number of likely N-dealkylation sites (tertiary alicyclic amines) is 2. The number of imidazole rings is 2. The first-order valence-electron chi connectivity index (χ1n) is 22.8. The number of carbonyl (C=O) groups excluding carboxylic acids is 4. The third-order valence-corrected chi connectivity index (χ3v) is 14.4. The largest absolute Gasteiger partial charge is 0.488 e. The van der Waals surface area contributed by atoms with E-state index in [-0.39, 0.29) is 41.8 Å². The van der Waals surface area contributed by atoms with Gasteiger partial charge in [0.25, 0.3) is 0 Å². The van der Waals surface area contributed by atoms with E-state index >= 15 is 0 Å². The van der Waals surface area contributed by atoms with Gasteiger partial charge in [0.2, 0.25) is 11.8 Å². The number of rotatable bonds is 9. The fourth-order valence-electron chi connectivity index (χ4n) is 11.1. The Bertz CT molecular complexity index is 2620. The van der Waals surface area contributed by atoms with Gasteiger partial charge in [-0.15, -0.1) is 0 Å². The van der Waals surface area contributed by atoms with E-state index in [0.717, 1.165) is 99.9 Å². The smallest absolute Gasteiger partial charge is 0.407 e. The molecule has 0 radical (unpaired) electrons. The first-order chi connectivity index (χ1) is 31.1. The van der Waals surface area contributed by atoms with E-state index in [2.05, 4.69) is 63.1 Å². The molecule has 0 bridgehead atoms.